The Morgan fingerprint density at radius 1 is 0.914 bits per heavy atom. The largest absolute Gasteiger partial charge is 0.382 e. The number of anilines is 1. The van der Waals surface area contributed by atoms with Gasteiger partial charge in [-0.15, -0.1) is 15.3 Å². The van der Waals surface area contributed by atoms with Gasteiger partial charge in [0.05, 0.1) is 18.8 Å². The normalized spacial score (nSPS) is 13.9. The second-order valence-corrected chi connectivity index (χ2v) is 8.56. The van der Waals surface area contributed by atoms with Crippen molar-refractivity contribution in [2.45, 2.75) is 19.4 Å². The van der Waals surface area contributed by atoms with Gasteiger partial charge in [0.15, 0.2) is 23.0 Å². The molecule has 4 heterocycles. The molecule has 0 spiro atoms. The molecule has 9 heteroatoms. The molecule has 1 aliphatic rings. The molecular formula is C26H26N6O3. The number of hydrogen-bond donors (Lipinski definition) is 0. The van der Waals surface area contributed by atoms with E-state index < -0.39 is 0 Å². The van der Waals surface area contributed by atoms with Crippen LogP contribution in [0.15, 0.2) is 59.1 Å². The van der Waals surface area contributed by atoms with Crippen molar-refractivity contribution in [3.8, 4) is 22.6 Å². The smallest absolute Gasteiger partial charge is 0.191 e. The number of aromatic nitrogens is 5. The van der Waals surface area contributed by atoms with E-state index in [1.54, 1.807) is 7.11 Å². The Morgan fingerprint density at radius 3 is 2.49 bits per heavy atom. The van der Waals surface area contributed by atoms with E-state index in [0.717, 1.165) is 53.6 Å². The molecule has 0 atom stereocenters. The molecule has 1 aliphatic heterocycles. The lowest BCUT2D eigenvalue weighted by Gasteiger charge is -2.18. The van der Waals surface area contributed by atoms with Crippen molar-refractivity contribution in [3.05, 3.63) is 60.4 Å². The Kier molecular flexibility index (Phi) is 5.85. The Labute approximate surface area is 202 Å². The molecule has 3 aromatic heterocycles. The third-order valence-electron chi connectivity index (χ3n) is 6.35. The minimum atomic E-state index is 0.236. The summed E-state index contributed by atoms with van der Waals surface area (Å²) in [5, 5.41) is 20.7. The first kappa shape index (κ1) is 21.7. The highest BCUT2D eigenvalue weighted by molar-refractivity contribution is 6.00. The highest BCUT2D eigenvalue weighted by Crippen LogP contribution is 2.36. The summed E-state index contributed by atoms with van der Waals surface area (Å²) in [5.74, 6) is 2.10. The Morgan fingerprint density at radius 2 is 1.69 bits per heavy atom. The molecule has 5 aromatic rings. The lowest BCUT2D eigenvalue weighted by atomic mass is 10.1. The average molecular weight is 471 g/mol. The van der Waals surface area contributed by atoms with Crippen LogP contribution in [0.25, 0.3) is 39.1 Å². The van der Waals surface area contributed by atoms with Gasteiger partial charge in [-0.2, -0.15) is 4.52 Å². The first-order valence-corrected chi connectivity index (χ1v) is 11.9. The molecule has 178 valence electrons. The van der Waals surface area contributed by atoms with Crippen LogP contribution in [-0.2, 0) is 16.1 Å². The van der Waals surface area contributed by atoms with Crippen LogP contribution in [0.2, 0.25) is 0 Å². The van der Waals surface area contributed by atoms with Crippen molar-refractivity contribution in [2.24, 2.45) is 0 Å². The summed E-state index contributed by atoms with van der Waals surface area (Å²) >= 11 is 0. The van der Waals surface area contributed by atoms with E-state index in [1.807, 2.05) is 47.0 Å². The van der Waals surface area contributed by atoms with E-state index in [1.165, 1.54) is 0 Å². The van der Waals surface area contributed by atoms with Gasteiger partial charge in [0, 0.05) is 36.5 Å². The number of nitrogens with zero attached hydrogens (tertiary/aromatic N) is 6. The maximum Gasteiger partial charge on any atom is 0.191 e. The summed E-state index contributed by atoms with van der Waals surface area (Å²) < 4.78 is 18.5. The second kappa shape index (κ2) is 9.44. The maximum absolute atomic E-state index is 5.79. The van der Waals surface area contributed by atoms with E-state index in [0.29, 0.717) is 36.1 Å². The first-order valence-electron chi connectivity index (χ1n) is 11.9. The van der Waals surface area contributed by atoms with Crippen molar-refractivity contribution < 1.29 is 14.0 Å². The summed E-state index contributed by atoms with van der Waals surface area (Å²) in [5.41, 5.74) is 3.04. The summed E-state index contributed by atoms with van der Waals surface area (Å²) in [6.45, 7) is 3.15. The molecular weight excluding hydrogens is 444 g/mol. The molecule has 2 aromatic carbocycles. The van der Waals surface area contributed by atoms with Crippen LogP contribution < -0.4 is 4.90 Å². The Balaban J connectivity index is 1.55. The zero-order valence-electron chi connectivity index (χ0n) is 19.6. The van der Waals surface area contributed by atoms with Crippen LogP contribution in [0.3, 0.4) is 0 Å². The minimum absolute atomic E-state index is 0.236. The van der Waals surface area contributed by atoms with Crippen molar-refractivity contribution in [1.82, 2.24) is 25.0 Å². The van der Waals surface area contributed by atoms with Crippen LogP contribution in [0, 0.1) is 0 Å². The fourth-order valence-corrected chi connectivity index (χ4v) is 4.64. The molecule has 0 amide bonds. The van der Waals surface area contributed by atoms with Gasteiger partial charge in [-0.05, 0) is 12.8 Å². The van der Waals surface area contributed by atoms with Crippen LogP contribution >= 0.6 is 0 Å². The molecule has 0 radical (unpaired) electrons. The standard InChI is InChI=1S/C26H26N6O3/c1-33-15-16-34-17-21-22(23(30-35-21)18-9-3-2-4-10-18)26-28-27-24-19-11-5-6-12-20(19)25(29-32(24)26)31-13-7-8-14-31/h2-6,9-12H,7-8,13-17H2,1H3. The lowest BCUT2D eigenvalue weighted by Crippen LogP contribution is -2.20. The van der Waals surface area contributed by atoms with Crippen LogP contribution in [0.4, 0.5) is 5.82 Å². The number of ether oxygens (including phenoxy) is 2. The van der Waals surface area contributed by atoms with Crippen molar-refractivity contribution in [2.75, 3.05) is 38.3 Å². The third-order valence-corrected chi connectivity index (χ3v) is 6.35. The number of hydrogen-bond acceptors (Lipinski definition) is 8. The van der Waals surface area contributed by atoms with E-state index >= 15 is 0 Å². The monoisotopic (exact) mass is 470 g/mol. The van der Waals surface area contributed by atoms with Crippen molar-refractivity contribution in [3.63, 3.8) is 0 Å². The molecule has 0 aliphatic carbocycles. The van der Waals surface area contributed by atoms with Gasteiger partial charge in [-0.25, -0.2) is 0 Å². The summed E-state index contributed by atoms with van der Waals surface area (Å²) in [6.07, 6.45) is 2.33. The SMILES string of the molecule is COCCOCc1onc(-c2ccccc2)c1-c1nnc2c3ccccc3c(N3CCCC3)nn12. The van der Waals surface area contributed by atoms with Crippen LogP contribution in [0.1, 0.15) is 18.6 Å². The van der Waals surface area contributed by atoms with Crippen LogP contribution in [-0.4, -0.2) is 58.4 Å². The lowest BCUT2D eigenvalue weighted by molar-refractivity contribution is 0.0517. The quantitative estimate of drug-likeness (QED) is 0.309. The summed E-state index contributed by atoms with van der Waals surface area (Å²) in [6, 6.07) is 18.2. The molecule has 1 saturated heterocycles. The third kappa shape index (κ3) is 3.92. The van der Waals surface area contributed by atoms with Crippen LogP contribution in [0.5, 0.6) is 0 Å². The zero-order chi connectivity index (χ0) is 23.6. The first-order chi connectivity index (χ1) is 17.3. The van der Waals surface area contributed by atoms with E-state index in [4.69, 9.17) is 19.1 Å². The maximum atomic E-state index is 5.79. The highest BCUT2D eigenvalue weighted by Gasteiger charge is 2.27. The van der Waals surface area contributed by atoms with Gasteiger partial charge in [-0.1, -0.05) is 59.8 Å². The predicted octanol–water partition coefficient (Wildman–Crippen LogP) is 4.36. The summed E-state index contributed by atoms with van der Waals surface area (Å²) in [4.78, 5) is 2.34. The fraction of sp³-hybridized carbons (Fsp3) is 0.308. The molecule has 6 rings (SSSR count). The van der Waals surface area contributed by atoms with Gasteiger partial charge >= 0.3 is 0 Å². The number of methoxy groups -OCH3 is 1. The number of fused-ring (bicyclic) bond motifs is 3. The molecule has 9 nitrogen and oxygen atoms in total. The Hall–Kier alpha value is -3.82. The molecule has 0 bridgehead atoms. The molecule has 1 fully saturated rings. The zero-order valence-corrected chi connectivity index (χ0v) is 19.6. The molecule has 0 saturated carbocycles. The minimum Gasteiger partial charge on any atom is -0.382 e. The van der Waals surface area contributed by atoms with Gasteiger partial charge < -0.3 is 18.9 Å². The molecule has 0 unspecified atom stereocenters. The highest BCUT2D eigenvalue weighted by atomic mass is 16.5. The fourth-order valence-electron chi connectivity index (χ4n) is 4.64. The molecule has 35 heavy (non-hydrogen) atoms. The van der Waals surface area contributed by atoms with Crippen molar-refractivity contribution >= 4 is 22.2 Å². The van der Waals surface area contributed by atoms with Crippen molar-refractivity contribution in [1.29, 1.82) is 0 Å². The van der Waals surface area contributed by atoms with Gasteiger partial charge in [0.2, 0.25) is 0 Å². The number of benzene rings is 2. The topological polar surface area (TPSA) is 90.8 Å². The second-order valence-electron chi connectivity index (χ2n) is 8.56. The predicted molar refractivity (Wildman–Crippen MR) is 132 cm³/mol. The summed E-state index contributed by atoms with van der Waals surface area (Å²) in [7, 11) is 1.65. The van der Waals surface area contributed by atoms with Gasteiger partial charge in [0.25, 0.3) is 0 Å². The average Bonchev–Trinajstić information content (AvgIpc) is 3.66. The van der Waals surface area contributed by atoms with Gasteiger partial charge in [0.1, 0.15) is 12.3 Å². The number of rotatable bonds is 8. The van der Waals surface area contributed by atoms with Gasteiger partial charge in [-0.3, -0.25) is 0 Å². The van der Waals surface area contributed by atoms with E-state index in [-0.39, 0.29) is 6.61 Å². The molecule has 0 N–H and O–H groups in total. The van der Waals surface area contributed by atoms with E-state index in [2.05, 4.69) is 32.4 Å². The van der Waals surface area contributed by atoms with E-state index in [9.17, 15) is 0 Å². The Bertz CT molecular complexity index is 1460.